The van der Waals surface area contributed by atoms with Crippen LogP contribution < -0.4 is 0 Å². The van der Waals surface area contributed by atoms with E-state index in [1.807, 2.05) is 0 Å². The molecule has 5 nitrogen and oxygen atoms in total. The van der Waals surface area contributed by atoms with Crippen LogP contribution in [0.25, 0.3) is 0 Å². The molecular weight excluding hydrogens is 332 g/mol. The van der Waals surface area contributed by atoms with Crippen LogP contribution in [-0.2, 0) is 23.7 Å². The van der Waals surface area contributed by atoms with Crippen molar-refractivity contribution in [3.05, 3.63) is 0 Å². The van der Waals surface area contributed by atoms with E-state index in [0.29, 0.717) is 6.61 Å². The van der Waals surface area contributed by atoms with Gasteiger partial charge in [0.2, 0.25) is 0 Å². The first-order chi connectivity index (χ1) is 12.8. The summed E-state index contributed by atoms with van der Waals surface area (Å²) < 4.78 is 29.7. The second-order valence-electron chi connectivity index (χ2n) is 7.15. The summed E-state index contributed by atoms with van der Waals surface area (Å²) in [5.74, 6) is 0. The molecule has 0 bridgehead atoms. The predicted molar refractivity (Wildman–Crippen MR) is 105 cm³/mol. The van der Waals surface area contributed by atoms with Crippen LogP contribution in [0.4, 0.5) is 0 Å². The van der Waals surface area contributed by atoms with E-state index in [4.69, 9.17) is 23.7 Å². The molecule has 0 saturated carbocycles. The predicted octanol–water partition coefficient (Wildman–Crippen LogP) is 4.72. The van der Waals surface area contributed by atoms with Crippen LogP contribution in [0.5, 0.6) is 0 Å². The number of unbranched alkanes of at least 4 members (excludes halogenated alkanes) is 6. The largest absolute Gasteiger partial charge is 0.379 e. The van der Waals surface area contributed by atoms with Gasteiger partial charge >= 0.3 is 0 Å². The van der Waals surface area contributed by atoms with Crippen molar-refractivity contribution in [3.8, 4) is 0 Å². The molecule has 0 N–H and O–H groups in total. The highest BCUT2D eigenvalue weighted by Gasteiger charge is 2.46. The minimum atomic E-state index is -0.378. The van der Waals surface area contributed by atoms with Crippen LogP contribution in [-0.4, -0.2) is 58.1 Å². The summed E-state index contributed by atoms with van der Waals surface area (Å²) in [5.41, 5.74) is 0. The van der Waals surface area contributed by atoms with Crippen LogP contribution in [0.2, 0.25) is 0 Å². The summed E-state index contributed by atoms with van der Waals surface area (Å²) in [7, 11) is 1.67. The zero-order valence-corrected chi connectivity index (χ0v) is 17.5. The van der Waals surface area contributed by atoms with Gasteiger partial charge in [-0.05, 0) is 19.3 Å². The van der Waals surface area contributed by atoms with Gasteiger partial charge < -0.3 is 23.7 Å². The van der Waals surface area contributed by atoms with Gasteiger partial charge in [-0.15, -0.1) is 0 Å². The summed E-state index contributed by atoms with van der Waals surface area (Å²) in [6, 6.07) is 0. The van der Waals surface area contributed by atoms with Gasteiger partial charge in [0.1, 0.15) is 18.3 Å². The van der Waals surface area contributed by atoms with Crippen molar-refractivity contribution in [1.82, 2.24) is 0 Å². The van der Waals surface area contributed by atoms with Crippen LogP contribution >= 0.6 is 0 Å². The molecule has 1 fully saturated rings. The standard InChI is InChI=1S/C21H42O5/c1-5-8-11-14-23-17-18-19(24-15-12-9-6-2)20(21(22-4)26-18)25-16-13-10-7-3/h18-21H,5-17H2,1-4H3/t18-,19-,20-,21?/m1/s1. The highest BCUT2D eigenvalue weighted by molar-refractivity contribution is 4.89. The van der Waals surface area contributed by atoms with Gasteiger partial charge in [0.25, 0.3) is 0 Å². The summed E-state index contributed by atoms with van der Waals surface area (Å²) in [4.78, 5) is 0. The van der Waals surface area contributed by atoms with E-state index < -0.39 is 0 Å². The van der Waals surface area contributed by atoms with E-state index >= 15 is 0 Å². The maximum absolute atomic E-state index is 6.19. The monoisotopic (exact) mass is 374 g/mol. The molecule has 1 unspecified atom stereocenters. The van der Waals surface area contributed by atoms with Crippen LogP contribution in [0, 0.1) is 0 Å². The van der Waals surface area contributed by atoms with Crippen molar-refractivity contribution in [2.24, 2.45) is 0 Å². The smallest absolute Gasteiger partial charge is 0.186 e. The number of ether oxygens (including phenoxy) is 5. The second-order valence-corrected chi connectivity index (χ2v) is 7.15. The maximum Gasteiger partial charge on any atom is 0.186 e. The van der Waals surface area contributed by atoms with Crippen molar-refractivity contribution in [2.45, 2.75) is 103 Å². The molecular formula is C21H42O5. The van der Waals surface area contributed by atoms with Gasteiger partial charge in [0.15, 0.2) is 6.29 Å². The fourth-order valence-corrected chi connectivity index (χ4v) is 3.19. The summed E-state index contributed by atoms with van der Waals surface area (Å²) in [6.45, 7) is 9.37. The molecule has 0 aromatic rings. The van der Waals surface area contributed by atoms with Gasteiger partial charge in [-0.3, -0.25) is 0 Å². The molecule has 1 rings (SSSR count). The van der Waals surface area contributed by atoms with E-state index in [0.717, 1.165) is 39.1 Å². The van der Waals surface area contributed by atoms with Crippen molar-refractivity contribution in [1.29, 1.82) is 0 Å². The first-order valence-corrected chi connectivity index (χ1v) is 10.8. The molecule has 0 aromatic heterocycles. The Morgan fingerprint density at radius 2 is 1.23 bits per heavy atom. The Labute approximate surface area is 161 Å². The fourth-order valence-electron chi connectivity index (χ4n) is 3.19. The molecule has 1 aliphatic heterocycles. The molecule has 26 heavy (non-hydrogen) atoms. The van der Waals surface area contributed by atoms with Gasteiger partial charge in [0, 0.05) is 26.9 Å². The second kappa shape index (κ2) is 15.8. The van der Waals surface area contributed by atoms with Gasteiger partial charge in [-0.25, -0.2) is 0 Å². The Balaban J connectivity index is 2.54. The first-order valence-electron chi connectivity index (χ1n) is 10.8. The van der Waals surface area contributed by atoms with E-state index in [2.05, 4.69) is 20.8 Å². The Morgan fingerprint density at radius 3 is 1.77 bits per heavy atom. The van der Waals surface area contributed by atoms with Crippen molar-refractivity contribution < 1.29 is 23.7 Å². The number of hydrogen-bond acceptors (Lipinski definition) is 5. The Morgan fingerprint density at radius 1 is 0.692 bits per heavy atom. The van der Waals surface area contributed by atoms with E-state index in [1.165, 1.54) is 38.5 Å². The maximum atomic E-state index is 6.19. The first kappa shape index (κ1) is 23.8. The lowest BCUT2D eigenvalue weighted by Crippen LogP contribution is -2.40. The van der Waals surface area contributed by atoms with Gasteiger partial charge in [-0.2, -0.15) is 0 Å². The van der Waals surface area contributed by atoms with Gasteiger partial charge in [-0.1, -0.05) is 59.3 Å². The third kappa shape index (κ3) is 9.14. The molecule has 156 valence electrons. The third-order valence-corrected chi connectivity index (χ3v) is 4.79. The molecule has 0 aromatic carbocycles. The van der Waals surface area contributed by atoms with Crippen molar-refractivity contribution in [3.63, 3.8) is 0 Å². The van der Waals surface area contributed by atoms with E-state index in [9.17, 15) is 0 Å². The number of rotatable bonds is 17. The normalized spacial score (nSPS) is 25.8. The zero-order chi connectivity index (χ0) is 19.0. The minimum Gasteiger partial charge on any atom is -0.379 e. The highest BCUT2D eigenvalue weighted by atomic mass is 16.7. The molecule has 5 heteroatoms. The molecule has 0 amide bonds. The molecule has 0 aliphatic carbocycles. The van der Waals surface area contributed by atoms with E-state index in [1.54, 1.807) is 7.11 Å². The average molecular weight is 375 g/mol. The molecule has 1 heterocycles. The summed E-state index contributed by atoms with van der Waals surface area (Å²) >= 11 is 0. The Hall–Kier alpha value is -0.200. The molecule has 0 spiro atoms. The Bertz CT molecular complexity index is 313. The minimum absolute atomic E-state index is 0.121. The molecule has 1 saturated heterocycles. The average Bonchev–Trinajstić information content (AvgIpc) is 2.99. The lowest BCUT2D eigenvalue weighted by atomic mass is 10.1. The fraction of sp³-hybridized carbons (Fsp3) is 1.00. The lowest BCUT2D eigenvalue weighted by Gasteiger charge is -2.24. The molecule has 4 atom stereocenters. The van der Waals surface area contributed by atoms with Gasteiger partial charge in [0.05, 0.1) is 6.61 Å². The third-order valence-electron chi connectivity index (χ3n) is 4.79. The number of hydrogen-bond donors (Lipinski definition) is 0. The molecule has 1 aliphatic rings. The zero-order valence-electron chi connectivity index (χ0n) is 17.5. The topological polar surface area (TPSA) is 46.2 Å². The van der Waals surface area contributed by atoms with Crippen molar-refractivity contribution in [2.75, 3.05) is 33.5 Å². The van der Waals surface area contributed by atoms with Crippen LogP contribution in [0.1, 0.15) is 78.6 Å². The van der Waals surface area contributed by atoms with E-state index in [-0.39, 0.29) is 24.6 Å². The quantitative estimate of drug-likeness (QED) is 0.345. The van der Waals surface area contributed by atoms with Crippen LogP contribution in [0.3, 0.4) is 0 Å². The van der Waals surface area contributed by atoms with Crippen molar-refractivity contribution >= 4 is 0 Å². The summed E-state index contributed by atoms with van der Waals surface area (Å²) in [5, 5.41) is 0. The Kier molecular flexibility index (Phi) is 14.5. The molecule has 0 radical (unpaired) electrons. The summed E-state index contributed by atoms with van der Waals surface area (Å²) in [6.07, 6.45) is 9.55. The lowest BCUT2D eigenvalue weighted by molar-refractivity contribution is -0.168. The van der Waals surface area contributed by atoms with Crippen LogP contribution in [0.15, 0.2) is 0 Å². The highest BCUT2D eigenvalue weighted by Crippen LogP contribution is 2.28. The number of methoxy groups -OCH3 is 1. The SMILES string of the molecule is CCCCCOC[C@H]1OC(OC)[C@H](OCCCCC)[C@@H]1OCCCCC.